The van der Waals surface area contributed by atoms with Gasteiger partial charge in [0.2, 0.25) is 0 Å². The van der Waals surface area contributed by atoms with Crippen molar-refractivity contribution in [3.63, 3.8) is 0 Å². The first-order valence-electron chi connectivity index (χ1n) is 6.37. The van der Waals surface area contributed by atoms with E-state index >= 15 is 0 Å². The van der Waals surface area contributed by atoms with Gasteiger partial charge in [0.25, 0.3) is 0 Å². The first-order chi connectivity index (χ1) is 7.36. The second-order valence-corrected chi connectivity index (χ2v) is 4.31. The number of rotatable bonds is 7. The van der Waals surface area contributed by atoms with Crippen molar-refractivity contribution in [2.24, 2.45) is 5.92 Å². The fourth-order valence-electron chi connectivity index (χ4n) is 2.21. The fourth-order valence-corrected chi connectivity index (χ4v) is 2.21. The molecule has 0 bridgehead atoms. The molecule has 0 amide bonds. The average molecular weight is 214 g/mol. The van der Waals surface area contributed by atoms with Crippen LogP contribution in [-0.2, 0) is 4.74 Å². The van der Waals surface area contributed by atoms with Crippen molar-refractivity contribution in [1.29, 1.82) is 0 Å². The molecule has 0 aliphatic carbocycles. The summed E-state index contributed by atoms with van der Waals surface area (Å²) in [5.41, 5.74) is 0. The summed E-state index contributed by atoms with van der Waals surface area (Å²) >= 11 is 0. The lowest BCUT2D eigenvalue weighted by Crippen LogP contribution is -2.41. The summed E-state index contributed by atoms with van der Waals surface area (Å²) in [4.78, 5) is 2.54. The topological polar surface area (TPSA) is 24.5 Å². The van der Waals surface area contributed by atoms with Crippen LogP contribution in [0, 0.1) is 5.92 Å². The zero-order chi connectivity index (χ0) is 10.9. The van der Waals surface area contributed by atoms with Crippen molar-refractivity contribution in [1.82, 2.24) is 10.2 Å². The molecule has 0 radical (unpaired) electrons. The van der Waals surface area contributed by atoms with Crippen molar-refractivity contribution in [3.05, 3.63) is 0 Å². The molecule has 1 aliphatic heterocycles. The maximum Gasteiger partial charge on any atom is 0.0593 e. The molecule has 1 saturated heterocycles. The number of hydrogen-bond acceptors (Lipinski definition) is 3. The zero-order valence-corrected chi connectivity index (χ0v) is 10.3. The highest BCUT2D eigenvalue weighted by molar-refractivity contribution is 4.74. The maximum absolute atomic E-state index is 5.40. The van der Waals surface area contributed by atoms with Crippen LogP contribution in [0.3, 0.4) is 0 Å². The smallest absolute Gasteiger partial charge is 0.0593 e. The standard InChI is InChI=1S/C12H26N2O/c1-3-13-10-12-6-5-7-14(11-12)8-9-15-4-2/h12-13H,3-11H2,1-2H3. The van der Waals surface area contributed by atoms with Gasteiger partial charge in [-0.05, 0) is 45.3 Å². The molecule has 3 nitrogen and oxygen atoms in total. The van der Waals surface area contributed by atoms with E-state index < -0.39 is 0 Å². The summed E-state index contributed by atoms with van der Waals surface area (Å²) in [5, 5.41) is 3.45. The lowest BCUT2D eigenvalue weighted by atomic mass is 9.98. The lowest BCUT2D eigenvalue weighted by molar-refractivity contribution is 0.0917. The van der Waals surface area contributed by atoms with E-state index in [0.717, 1.165) is 32.2 Å². The predicted octanol–water partition coefficient (Wildman–Crippen LogP) is 1.34. The molecule has 0 aromatic rings. The van der Waals surface area contributed by atoms with E-state index in [-0.39, 0.29) is 0 Å². The Balaban J connectivity index is 2.11. The monoisotopic (exact) mass is 214 g/mol. The van der Waals surface area contributed by atoms with Crippen molar-refractivity contribution < 1.29 is 4.74 Å². The van der Waals surface area contributed by atoms with Gasteiger partial charge < -0.3 is 15.0 Å². The Kier molecular flexibility index (Phi) is 6.98. The molecule has 1 aliphatic rings. The number of piperidine rings is 1. The molecular weight excluding hydrogens is 188 g/mol. The minimum atomic E-state index is 0.842. The van der Waals surface area contributed by atoms with Gasteiger partial charge in [0.15, 0.2) is 0 Å². The highest BCUT2D eigenvalue weighted by atomic mass is 16.5. The SMILES string of the molecule is CCNCC1CCCN(CCOCC)C1. The molecule has 0 aromatic heterocycles. The van der Waals surface area contributed by atoms with Gasteiger partial charge in [-0.3, -0.25) is 0 Å². The Morgan fingerprint density at radius 1 is 1.40 bits per heavy atom. The third kappa shape index (κ3) is 5.50. The summed E-state index contributed by atoms with van der Waals surface area (Å²) < 4.78 is 5.40. The fraction of sp³-hybridized carbons (Fsp3) is 1.00. The van der Waals surface area contributed by atoms with Crippen LogP contribution in [0.2, 0.25) is 0 Å². The molecule has 0 saturated carbocycles. The molecule has 1 atom stereocenters. The largest absolute Gasteiger partial charge is 0.380 e. The lowest BCUT2D eigenvalue weighted by Gasteiger charge is -2.32. The van der Waals surface area contributed by atoms with Crippen LogP contribution in [0.25, 0.3) is 0 Å². The second-order valence-electron chi connectivity index (χ2n) is 4.31. The van der Waals surface area contributed by atoms with Gasteiger partial charge >= 0.3 is 0 Å². The Hall–Kier alpha value is -0.120. The van der Waals surface area contributed by atoms with Gasteiger partial charge in [0.1, 0.15) is 0 Å². The van der Waals surface area contributed by atoms with Crippen molar-refractivity contribution in [2.75, 3.05) is 45.9 Å². The van der Waals surface area contributed by atoms with Crippen LogP contribution in [0.15, 0.2) is 0 Å². The van der Waals surface area contributed by atoms with Crippen molar-refractivity contribution in [3.8, 4) is 0 Å². The molecule has 1 unspecified atom stereocenters. The van der Waals surface area contributed by atoms with Gasteiger partial charge in [-0.1, -0.05) is 6.92 Å². The summed E-state index contributed by atoms with van der Waals surface area (Å²) in [6.45, 7) is 11.9. The third-order valence-electron chi connectivity index (χ3n) is 3.04. The molecule has 0 aromatic carbocycles. The van der Waals surface area contributed by atoms with Crippen molar-refractivity contribution >= 4 is 0 Å². The van der Waals surface area contributed by atoms with E-state index in [2.05, 4.69) is 24.1 Å². The van der Waals surface area contributed by atoms with Crippen LogP contribution in [0.5, 0.6) is 0 Å². The molecule has 1 N–H and O–H groups in total. The van der Waals surface area contributed by atoms with E-state index in [1.165, 1.54) is 32.5 Å². The maximum atomic E-state index is 5.40. The van der Waals surface area contributed by atoms with Crippen molar-refractivity contribution in [2.45, 2.75) is 26.7 Å². The molecule has 1 rings (SSSR count). The van der Waals surface area contributed by atoms with Gasteiger partial charge in [-0.25, -0.2) is 0 Å². The Morgan fingerprint density at radius 3 is 3.00 bits per heavy atom. The average Bonchev–Trinajstić information content (AvgIpc) is 2.27. The van der Waals surface area contributed by atoms with E-state index in [0.29, 0.717) is 0 Å². The molecule has 1 fully saturated rings. The molecule has 15 heavy (non-hydrogen) atoms. The Bertz CT molecular complexity index is 153. The van der Waals surface area contributed by atoms with Crippen LogP contribution >= 0.6 is 0 Å². The van der Waals surface area contributed by atoms with E-state index in [4.69, 9.17) is 4.74 Å². The third-order valence-corrected chi connectivity index (χ3v) is 3.04. The van der Waals surface area contributed by atoms with Gasteiger partial charge in [0, 0.05) is 19.7 Å². The number of ether oxygens (including phenoxy) is 1. The summed E-state index contributed by atoms with van der Waals surface area (Å²) in [7, 11) is 0. The highest BCUT2D eigenvalue weighted by Gasteiger charge is 2.18. The van der Waals surface area contributed by atoms with Gasteiger partial charge in [-0.2, -0.15) is 0 Å². The summed E-state index contributed by atoms with van der Waals surface area (Å²) in [6, 6.07) is 0. The number of hydrogen-bond donors (Lipinski definition) is 1. The van der Waals surface area contributed by atoms with Crippen LogP contribution < -0.4 is 5.32 Å². The van der Waals surface area contributed by atoms with Crippen LogP contribution in [-0.4, -0.2) is 50.8 Å². The Labute approximate surface area is 94.2 Å². The molecule has 3 heteroatoms. The normalized spacial score (nSPS) is 23.2. The number of nitrogens with zero attached hydrogens (tertiary/aromatic N) is 1. The molecular formula is C12H26N2O. The first-order valence-corrected chi connectivity index (χ1v) is 6.37. The van der Waals surface area contributed by atoms with Gasteiger partial charge in [0.05, 0.1) is 6.61 Å². The first kappa shape index (κ1) is 12.9. The molecule has 90 valence electrons. The number of nitrogens with one attached hydrogen (secondary N) is 1. The summed E-state index contributed by atoms with van der Waals surface area (Å²) in [6.07, 6.45) is 2.74. The predicted molar refractivity (Wildman–Crippen MR) is 64.2 cm³/mol. The number of likely N-dealkylation sites (tertiary alicyclic amines) is 1. The zero-order valence-electron chi connectivity index (χ0n) is 10.3. The highest BCUT2D eigenvalue weighted by Crippen LogP contribution is 2.15. The van der Waals surface area contributed by atoms with E-state index in [1.54, 1.807) is 0 Å². The molecule has 0 spiro atoms. The quantitative estimate of drug-likeness (QED) is 0.647. The van der Waals surface area contributed by atoms with E-state index in [1.807, 2.05) is 0 Å². The Morgan fingerprint density at radius 2 is 2.27 bits per heavy atom. The summed E-state index contributed by atoms with van der Waals surface area (Å²) in [5.74, 6) is 0.848. The molecule has 1 heterocycles. The minimum Gasteiger partial charge on any atom is -0.380 e. The van der Waals surface area contributed by atoms with Gasteiger partial charge in [-0.15, -0.1) is 0 Å². The minimum absolute atomic E-state index is 0.842. The van der Waals surface area contributed by atoms with E-state index in [9.17, 15) is 0 Å². The van der Waals surface area contributed by atoms with Crippen LogP contribution in [0.1, 0.15) is 26.7 Å². The van der Waals surface area contributed by atoms with Crippen LogP contribution in [0.4, 0.5) is 0 Å². The second kappa shape index (κ2) is 8.08.